The number of carbonyl (C=O) groups is 3. The van der Waals surface area contributed by atoms with E-state index in [9.17, 15) is 14.4 Å². The molecule has 1 aromatic carbocycles. The van der Waals surface area contributed by atoms with E-state index in [0.29, 0.717) is 0 Å². The molecule has 7 heteroatoms. The van der Waals surface area contributed by atoms with Crippen molar-refractivity contribution in [3.8, 4) is 0 Å². The average Bonchev–Trinajstić information content (AvgIpc) is 2.35. The Morgan fingerprint density at radius 3 is 2.17 bits per heavy atom. The molecule has 0 unspecified atom stereocenters. The normalized spacial score (nSPS) is 10.8. The lowest BCUT2D eigenvalue weighted by atomic mass is 10.1. The molecule has 0 radical (unpaired) electrons. The van der Waals surface area contributed by atoms with Crippen LogP contribution >= 0.6 is 0 Å². The highest BCUT2D eigenvalue weighted by molar-refractivity contribution is 6.08. The summed E-state index contributed by atoms with van der Waals surface area (Å²) in [6.07, 6.45) is 0.743. The number of nitrogens with two attached hydrogens (primary N) is 2. The van der Waals surface area contributed by atoms with Gasteiger partial charge in [0.15, 0.2) is 0 Å². The SMILES string of the molecule is NC=C(NC(=O)c1ccccc1C(N)=O)C(=O)O. The second-order valence-electron chi connectivity index (χ2n) is 3.25. The van der Waals surface area contributed by atoms with Crippen LogP contribution in [0.5, 0.6) is 0 Å². The van der Waals surface area contributed by atoms with Crippen molar-refractivity contribution in [2.24, 2.45) is 11.5 Å². The molecule has 0 fully saturated rings. The molecule has 0 atom stereocenters. The molecule has 0 aliphatic rings. The lowest BCUT2D eigenvalue weighted by molar-refractivity contribution is -0.133. The van der Waals surface area contributed by atoms with Crippen LogP contribution < -0.4 is 16.8 Å². The third kappa shape index (κ3) is 2.85. The number of primary amides is 1. The fourth-order valence-corrected chi connectivity index (χ4v) is 1.25. The highest BCUT2D eigenvalue weighted by Crippen LogP contribution is 2.08. The quantitative estimate of drug-likeness (QED) is 0.528. The first-order valence-electron chi connectivity index (χ1n) is 4.82. The van der Waals surface area contributed by atoms with Gasteiger partial charge < -0.3 is 21.9 Å². The summed E-state index contributed by atoms with van der Waals surface area (Å²) in [6, 6.07) is 5.77. The van der Waals surface area contributed by atoms with Crippen molar-refractivity contribution in [3.05, 3.63) is 47.3 Å². The maximum Gasteiger partial charge on any atom is 0.353 e. The van der Waals surface area contributed by atoms with Gasteiger partial charge >= 0.3 is 5.97 Å². The number of carboxylic acid groups (broad SMARTS) is 1. The first-order chi connectivity index (χ1) is 8.47. The molecule has 0 aliphatic heterocycles. The molecule has 6 N–H and O–H groups in total. The Morgan fingerprint density at radius 1 is 1.17 bits per heavy atom. The molecule has 0 aliphatic carbocycles. The van der Waals surface area contributed by atoms with Crippen LogP contribution in [0.2, 0.25) is 0 Å². The Hall–Kier alpha value is -2.83. The lowest BCUT2D eigenvalue weighted by Gasteiger charge is -2.07. The molecule has 18 heavy (non-hydrogen) atoms. The van der Waals surface area contributed by atoms with E-state index in [2.05, 4.69) is 5.32 Å². The largest absolute Gasteiger partial charge is 0.477 e. The maximum atomic E-state index is 11.8. The summed E-state index contributed by atoms with van der Waals surface area (Å²) in [5.41, 5.74) is 9.64. The van der Waals surface area contributed by atoms with E-state index in [1.165, 1.54) is 24.3 Å². The minimum absolute atomic E-state index is 0.00300. The number of hydrogen-bond donors (Lipinski definition) is 4. The van der Waals surface area contributed by atoms with Gasteiger partial charge in [0.1, 0.15) is 5.70 Å². The van der Waals surface area contributed by atoms with Crippen LogP contribution in [0.15, 0.2) is 36.2 Å². The molecular formula is C11H11N3O4. The first-order valence-corrected chi connectivity index (χ1v) is 4.82. The van der Waals surface area contributed by atoms with E-state index in [0.717, 1.165) is 6.20 Å². The van der Waals surface area contributed by atoms with Crippen LogP contribution in [-0.4, -0.2) is 22.9 Å². The Kier molecular flexibility index (Phi) is 4.03. The first kappa shape index (κ1) is 13.2. The number of amides is 2. The van der Waals surface area contributed by atoms with Gasteiger partial charge in [-0.2, -0.15) is 0 Å². The average molecular weight is 249 g/mol. The number of hydrogen-bond acceptors (Lipinski definition) is 4. The minimum atomic E-state index is -1.39. The Morgan fingerprint density at radius 2 is 1.72 bits per heavy atom. The number of carbonyl (C=O) groups excluding carboxylic acids is 2. The summed E-state index contributed by atoms with van der Waals surface area (Å²) in [5.74, 6) is -2.94. The third-order valence-electron chi connectivity index (χ3n) is 2.08. The fraction of sp³-hybridized carbons (Fsp3) is 0. The monoisotopic (exact) mass is 249 g/mol. The predicted octanol–water partition coefficient (Wildman–Crippen LogP) is -0.600. The van der Waals surface area contributed by atoms with Gasteiger partial charge in [-0.05, 0) is 12.1 Å². The van der Waals surface area contributed by atoms with E-state index < -0.39 is 23.5 Å². The minimum Gasteiger partial charge on any atom is -0.477 e. The third-order valence-corrected chi connectivity index (χ3v) is 2.08. The van der Waals surface area contributed by atoms with E-state index in [-0.39, 0.29) is 11.1 Å². The second kappa shape index (κ2) is 5.48. The molecule has 0 spiro atoms. The molecule has 1 rings (SSSR count). The van der Waals surface area contributed by atoms with Crippen molar-refractivity contribution in [3.63, 3.8) is 0 Å². The summed E-state index contributed by atoms with van der Waals surface area (Å²) < 4.78 is 0. The van der Waals surface area contributed by atoms with E-state index in [1.54, 1.807) is 0 Å². The number of nitrogens with one attached hydrogen (secondary N) is 1. The highest BCUT2D eigenvalue weighted by Gasteiger charge is 2.17. The maximum absolute atomic E-state index is 11.8. The number of rotatable bonds is 4. The Labute approximate surface area is 102 Å². The molecule has 0 heterocycles. The number of benzene rings is 1. The van der Waals surface area contributed by atoms with Gasteiger partial charge in [-0.15, -0.1) is 0 Å². The van der Waals surface area contributed by atoms with Crippen molar-refractivity contribution in [1.82, 2.24) is 5.32 Å². The van der Waals surface area contributed by atoms with Gasteiger partial charge in [-0.25, -0.2) is 4.79 Å². The summed E-state index contributed by atoms with van der Waals surface area (Å²) >= 11 is 0. The summed E-state index contributed by atoms with van der Waals surface area (Å²) in [5, 5.41) is 10.8. The second-order valence-corrected chi connectivity index (χ2v) is 3.25. The van der Waals surface area contributed by atoms with Gasteiger partial charge in [0.25, 0.3) is 5.91 Å². The van der Waals surface area contributed by atoms with Crippen LogP contribution in [0.1, 0.15) is 20.7 Å². The van der Waals surface area contributed by atoms with Crippen molar-refractivity contribution in [2.75, 3.05) is 0 Å². The number of aliphatic carboxylic acids is 1. The van der Waals surface area contributed by atoms with E-state index >= 15 is 0 Å². The molecule has 1 aromatic rings. The standard InChI is InChI=1S/C11H11N3O4/c12-5-8(11(17)18)14-10(16)7-4-2-1-3-6(7)9(13)15/h1-5H,12H2,(H2,13,15)(H,14,16)(H,17,18). The lowest BCUT2D eigenvalue weighted by Crippen LogP contribution is -2.30. The van der Waals surface area contributed by atoms with Gasteiger partial charge in [0, 0.05) is 6.20 Å². The molecule has 7 nitrogen and oxygen atoms in total. The molecule has 94 valence electrons. The van der Waals surface area contributed by atoms with Crippen LogP contribution in [-0.2, 0) is 4.79 Å². The van der Waals surface area contributed by atoms with Crippen LogP contribution in [0.25, 0.3) is 0 Å². The van der Waals surface area contributed by atoms with E-state index in [1.807, 2.05) is 0 Å². The molecule has 0 saturated carbocycles. The van der Waals surface area contributed by atoms with Crippen molar-refractivity contribution < 1.29 is 19.5 Å². The van der Waals surface area contributed by atoms with E-state index in [4.69, 9.17) is 16.6 Å². The zero-order valence-corrected chi connectivity index (χ0v) is 9.21. The Balaban J connectivity index is 3.05. The van der Waals surface area contributed by atoms with Crippen LogP contribution in [0.3, 0.4) is 0 Å². The topological polar surface area (TPSA) is 136 Å². The molecule has 0 aromatic heterocycles. The van der Waals surface area contributed by atoms with Gasteiger partial charge in [0.05, 0.1) is 11.1 Å². The smallest absolute Gasteiger partial charge is 0.353 e. The van der Waals surface area contributed by atoms with Crippen molar-refractivity contribution >= 4 is 17.8 Å². The molecule has 0 saturated heterocycles. The molecule has 2 amide bonds. The van der Waals surface area contributed by atoms with Gasteiger partial charge in [0.2, 0.25) is 5.91 Å². The Bertz CT molecular complexity index is 537. The zero-order valence-electron chi connectivity index (χ0n) is 9.21. The van der Waals surface area contributed by atoms with Crippen LogP contribution in [0, 0.1) is 0 Å². The summed E-state index contributed by atoms with van der Waals surface area (Å²) in [7, 11) is 0. The van der Waals surface area contributed by atoms with Crippen LogP contribution in [0.4, 0.5) is 0 Å². The van der Waals surface area contributed by atoms with Gasteiger partial charge in [-0.1, -0.05) is 12.1 Å². The summed E-state index contributed by atoms with van der Waals surface area (Å²) in [6.45, 7) is 0. The number of carboxylic acids is 1. The zero-order chi connectivity index (χ0) is 13.7. The fourth-order valence-electron chi connectivity index (χ4n) is 1.25. The highest BCUT2D eigenvalue weighted by atomic mass is 16.4. The van der Waals surface area contributed by atoms with Crippen molar-refractivity contribution in [1.29, 1.82) is 0 Å². The van der Waals surface area contributed by atoms with Crippen molar-refractivity contribution in [2.45, 2.75) is 0 Å². The molecular weight excluding hydrogens is 238 g/mol. The molecule has 0 bridgehead atoms. The predicted molar refractivity (Wildman–Crippen MR) is 62.3 cm³/mol. The van der Waals surface area contributed by atoms with Gasteiger partial charge in [-0.3, -0.25) is 9.59 Å². The summed E-state index contributed by atoms with van der Waals surface area (Å²) in [4.78, 5) is 33.5.